The fourth-order valence-electron chi connectivity index (χ4n) is 3.43. The number of hydrogen-bond donors (Lipinski definition) is 2. The molecule has 0 saturated heterocycles. The lowest BCUT2D eigenvalue weighted by atomic mass is 9.86. The van der Waals surface area contributed by atoms with E-state index in [4.69, 9.17) is 5.26 Å². The summed E-state index contributed by atoms with van der Waals surface area (Å²) in [4.78, 5) is 12.0. The van der Waals surface area contributed by atoms with Gasteiger partial charge in [0.25, 0.3) is 0 Å². The second kappa shape index (κ2) is 8.75. The minimum atomic E-state index is -3.11. The second-order valence-corrected chi connectivity index (χ2v) is 10.1. The summed E-state index contributed by atoms with van der Waals surface area (Å²) in [6.45, 7) is 0. The molecule has 1 amide bonds. The molecule has 0 bridgehead atoms. The average Bonchev–Trinajstić information content (AvgIpc) is 3.26. The van der Waals surface area contributed by atoms with Gasteiger partial charge in [-0.15, -0.1) is 0 Å². The molecule has 1 heterocycles. The lowest BCUT2D eigenvalue weighted by Gasteiger charge is -2.28. The molecule has 1 aromatic carbocycles. The molecule has 31 heavy (non-hydrogen) atoms. The van der Waals surface area contributed by atoms with Crippen molar-refractivity contribution in [2.75, 3.05) is 6.26 Å². The molecule has 2 N–H and O–H groups in total. The molecule has 2 aromatic rings. The van der Waals surface area contributed by atoms with Gasteiger partial charge in [0.05, 0.1) is 17.2 Å². The Morgan fingerprint density at radius 3 is 2.39 bits per heavy atom. The van der Waals surface area contributed by atoms with Crippen molar-refractivity contribution in [3.8, 4) is 17.2 Å². The number of H-pyrrole nitrogens is 1. The molecule has 0 radical (unpaired) electrons. The van der Waals surface area contributed by atoms with Crippen molar-refractivity contribution >= 4 is 15.7 Å². The van der Waals surface area contributed by atoms with Crippen LogP contribution in [0.4, 0.5) is 8.78 Å². The van der Waals surface area contributed by atoms with Gasteiger partial charge in [0.15, 0.2) is 9.84 Å². The Labute approximate surface area is 179 Å². The van der Waals surface area contributed by atoms with Crippen molar-refractivity contribution in [3.63, 3.8) is 0 Å². The Hall–Kier alpha value is -2.80. The summed E-state index contributed by atoms with van der Waals surface area (Å²) in [5.74, 6) is -3.73. The lowest BCUT2D eigenvalue weighted by Crippen LogP contribution is -2.43. The van der Waals surface area contributed by atoms with Gasteiger partial charge in [-0.1, -0.05) is 12.1 Å². The molecule has 0 spiro atoms. The molecular formula is C21H24F2N4O3S. The molecule has 1 atom stereocenters. The van der Waals surface area contributed by atoms with Crippen LogP contribution in [-0.2, 0) is 14.6 Å². The SMILES string of the molecule is CS(=O)(=O)c1ccc(-c2cn[nH]c2)cc1.N#CC1(NC(=O)[C@H]2CCCC(F)(F)C2)CC1. The smallest absolute Gasteiger partial charge is 0.248 e. The Morgan fingerprint density at radius 2 is 1.90 bits per heavy atom. The van der Waals surface area contributed by atoms with Gasteiger partial charge < -0.3 is 5.32 Å². The zero-order chi connectivity index (χ0) is 22.7. The normalized spacial score (nSPS) is 21.2. The predicted molar refractivity (Wildman–Crippen MR) is 110 cm³/mol. The van der Waals surface area contributed by atoms with Crippen LogP contribution in [0.1, 0.15) is 38.5 Å². The van der Waals surface area contributed by atoms with E-state index in [1.165, 1.54) is 6.26 Å². The van der Waals surface area contributed by atoms with E-state index in [0.29, 0.717) is 30.6 Å². The second-order valence-electron chi connectivity index (χ2n) is 8.12. The number of hydrogen-bond acceptors (Lipinski definition) is 5. The van der Waals surface area contributed by atoms with E-state index < -0.39 is 27.2 Å². The highest BCUT2D eigenvalue weighted by Gasteiger charge is 2.47. The molecule has 1 aromatic heterocycles. The molecule has 2 aliphatic carbocycles. The summed E-state index contributed by atoms with van der Waals surface area (Å²) >= 11 is 0. The van der Waals surface area contributed by atoms with Gasteiger partial charge >= 0.3 is 0 Å². The summed E-state index contributed by atoms with van der Waals surface area (Å²) in [6, 6.07) is 8.74. The van der Waals surface area contributed by atoms with Gasteiger partial charge in [0.2, 0.25) is 11.8 Å². The summed E-state index contributed by atoms with van der Waals surface area (Å²) in [6.07, 6.45) is 6.30. The molecule has 2 saturated carbocycles. The van der Waals surface area contributed by atoms with E-state index >= 15 is 0 Å². The number of nitrogens with one attached hydrogen (secondary N) is 2. The zero-order valence-corrected chi connectivity index (χ0v) is 17.9. The number of carbonyl (C=O) groups excluding carboxylic acids is 1. The quantitative estimate of drug-likeness (QED) is 0.740. The van der Waals surface area contributed by atoms with Crippen LogP contribution in [0.2, 0.25) is 0 Å². The summed E-state index contributed by atoms with van der Waals surface area (Å²) in [5, 5.41) is 17.9. The van der Waals surface area contributed by atoms with Crippen LogP contribution in [0.5, 0.6) is 0 Å². The van der Waals surface area contributed by atoms with Crippen LogP contribution < -0.4 is 5.32 Å². The summed E-state index contributed by atoms with van der Waals surface area (Å²) in [7, 11) is -3.11. The van der Waals surface area contributed by atoms with E-state index in [1.54, 1.807) is 36.7 Å². The number of aromatic nitrogens is 2. The highest BCUT2D eigenvalue weighted by Crippen LogP contribution is 2.39. The molecular weight excluding hydrogens is 426 g/mol. The Bertz CT molecular complexity index is 1060. The zero-order valence-electron chi connectivity index (χ0n) is 17.1. The third-order valence-corrected chi connectivity index (χ3v) is 6.58. The van der Waals surface area contributed by atoms with Crippen molar-refractivity contribution in [3.05, 3.63) is 36.7 Å². The number of nitrogens with zero attached hydrogens (tertiary/aromatic N) is 2. The van der Waals surface area contributed by atoms with Crippen molar-refractivity contribution in [1.29, 1.82) is 5.26 Å². The van der Waals surface area contributed by atoms with Gasteiger partial charge in [0, 0.05) is 36.8 Å². The molecule has 166 valence electrons. The topological polar surface area (TPSA) is 116 Å². The number of carbonyl (C=O) groups is 1. The van der Waals surface area contributed by atoms with Gasteiger partial charge in [-0.25, -0.2) is 17.2 Å². The molecule has 4 rings (SSSR count). The number of alkyl halides is 2. The first-order valence-electron chi connectivity index (χ1n) is 9.94. The molecule has 7 nitrogen and oxygen atoms in total. The molecule has 2 aliphatic rings. The van der Waals surface area contributed by atoms with Crippen LogP contribution in [0, 0.1) is 17.2 Å². The number of amides is 1. The average molecular weight is 451 g/mol. The monoisotopic (exact) mass is 450 g/mol. The highest BCUT2D eigenvalue weighted by molar-refractivity contribution is 7.90. The summed E-state index contributed by atoms with van der Waals surface area (Å²) < 4.78 is 48.6. The first-order valence-corrected chi connectivity index (χ1v) is 11.8. The van der Waals surface area contributed by atoms with E-state index in [0.717, 1.165) is 11.1 Å². The van der Waals surface area contributed by atoms with Gasteiger partial charge in [-0.3, -0.25) is 9.89 Å². The molecule has 2 fully saturated rings. The van der Waals surface area contributed by atoms with Crippen LogP contribution in [0.25, 0.3) is 11.1 Å². The van der Waals surface area contributed by atoms with Crippen LogP contribution in [0.15, 0.2) is 41.6 Å². The number of sulfone groups is 1. The highest BCUT2D eigenvalue weighted by atomic mass is 32.2. The maximum absolute atomic E-state index is 13.1. The number of benzene rings is 1. The van der Waals surface area contributed by atoms with Crippen LogP contribution in [0.3, 0.4) is 0 Å². The summed E-state index contributed by atoms with van der Waals surface area (Å²) in [5.41, 5.74) is 1.13. The largest absolute Gasteiger partial charge is 0.338 e. The Morgan fingerprint density at radius 1 is 1.23 bits per heavy atom. The standard InChI is InChI=1S/C11H14F2N2O.C10H10N2O2S/c12-11(13)3-1-2-8(6-11)9(16)15-10(7-14)4-5-10;1-15(13,14)10-4-2-8(3-5-10)9-6-11-12-7-9/h8H,1-6H2,(H,15,16);2-7H,1H3,(H,11,12)/t8-;/m0./s1. The number of halogens is 2. The van der Waals surface area contributed by atoms with Gasteiger partial charge in [-0.2, -0.15) is 10.4 Å². The minimum absolute atomic E-state index is 0.125. The number of aromatic amines is 1. The maximum Gasteiger partial charge on any atom is 0.248 e. The van der Waals surface area contributed by atoms with Crippen LogP contribution >= 0.6 is 0 Å². The lowest BCUT2D eigenvalue weighted by molar-refractivity contribution is -0.132. The third kappa shape index (κ3) is 6.10. The van der Waals surface area contributed by atoms with E-state index in [9.17, 15) is 22.0 Å². The molecule has 0 aliphatic heterocycles. The fraction of sp³-hybridized carbons (Fsp3) is 0.476. The third-order valence-electron chi connectivity index (χ3n) is 5.45. The van der Waals surface area contributed by atoms with Crippen molar-refractivity contribution in [1.82, 2.24) is 15.5 Å². The number of rotatable bonds is 4. The Balaban J connectivity index is 0.000000176. The van der Waals surface area contributed by atoms with Crippen molar-refractivity contribution < 1.29 is 22.0 Å². The van der Waals surface area contributed by atoms with E-state index in [1.807, 2.05) is 6.07 Å². The van der Waals surface area contributed by atoms with Crippen LogP contribution in [-0.4, -0.2) is 42.2 Å². The van der Waals surface area contributed by atoms with E-state index in [2.05, 4.69) is 15.5 Å². The van der Waals surface area contributed by atoms with Gasteiger partial charge in [0.1, 0.15) is 5.54 Å². The number of nitriles is 1. The molecule has 0 unspecified atom stereocenters. The maximum atomic E-state index is 13.1. The Kier molecular flexibility index (Phi) is 6.46. The minimum Gasteiger partial charge on any atom is -0.338 e. The van der Waals surface area contributed by atoms with E-state index in [-0.39, 0.29) is 18.7 Å². The first-order chi connectivity index (χ1) is 14.5. The first kappa shape index (κ1) is 22.9. The molecule has 10 heteroatoms. The predicted octanol–water partition coefficient (Wildman–Crippen LogP) is 3.46. The van der Waals surface area contributed by atoms with Gasteiger partial charge in [-0.05, 0) is 43.4 Å². The van der Waals surface area contributed by atoms with Crippen molar-refractivity contribution in [2.24, 2.45) is 5.92 Å². The fourth-order valence-corrected chi connectivity index (χ4v) is 4.06. The van der Waals surface area contributed by atoms with Crippen molar-refractivity contribution in [2.45, 2.75) is 54.9 Å².